The second-order valence-electron chi connectivity index (χ2n) is 4.43. The van der Waals surface area contributed by atoms with E-state index in [9.17, 15) is 17.6 Å². The molecule has 19 heavy (non-hydrogen) atoms. The molecule has 1 fully saturated rings. The molecule has 0 saturated heterocycles. The smallest absolute Gasteiger partial charge is 0.141 e. The van der Waals surface area contributed by atoms with Crippen LogP contribution in [0.5, 0.6) is 0 Å². The van der Waals surface area contributed by atoms with E-state index in [1.54, 1.807) is 0 Å². The molecule has 4 atom stereocenters. The van der Waals surface area contributed by atoms with Gasteiger partial charge in [0.05, 0.1) is 5.92 Å². The lowest BCUT2D eigenvalue weighted by Gasteiger charge is -2.34. The third kappa shape index (κ3) is 2.51. The number of benzene rings is 1. The molecule has 2 rings (SSSR count). The zero-order valence-electron chi connectivity index (χ0n) is 9.76. The van der Waals surface area contributed by atoms with E-state index in [-0.39, 0.29) is 11.3 Å². The summed E-state index contributed by atoms with van der Waals surface area (Å²) in [6.45, 7) is 0. The van der Waals surface area contributed by atoms with Crippen LogP contribution in [0.1, 0.15) is 17.9 Å². The van der Waals surface area contributed by atoms with Gasteiger partial charge in [0.1, 0.15) is 24.7 Å². The van der Waals surface area contributed by atoms with E-state index in [1.807, 2.05) is 0 Å². The van der Waals surface area contributed by atoms with Gasteiger partial charge in [-0.05, 0) is 11.1 Å². The van der Waals surface area contributed by atoms with E-state index < -0.39 is 37.0 Å². The first-order valence-electron chi connectivity index (χ1n) is 5.76. The Morgan fingerprint density at radius 2 is 1.63 bits per heavy atom. The highest BCUT2D eigenvalue weighted by atomic mass is 19.2. The second kappa shape index (κ2) is 5.48. The Kier molecular flexibility index (Phi) is 3.95. The monoisotopic (exact) mass is 273 g/mol. The molecule has 1 aliphatic carbocycles. The number of alkyl halides is 4. The van der Waals surface area contributed by atoms with Crippen LogP contribution in [0, 0.1) is 0 Å². The fraction of sp³-hybridized carbons (Fsp3) is 0.500. The fourth-order valence-corrected chi connectivity index (χ4v) is 2.35. The van der Waals surface area contributed by atoms with Crippen molar-refractivity contribution in [1.82, 2.24) is 0 Å². The molecule has 1 saturated carbocycles. The first kappa shape index (κ1) is 13.7. The van der Waals surface area contributed by atoms with Gasteiger partial charge in [-0.15, -0.1) is 0 Å². The number of azide groups is 1. The van der Waals surface area contributed by atoms with Crippen molar-refractivity contribution >= 4 is 5.69 Å². The zero-order valence-corrected chi connectivity index (χ0v) is 9.76. The van der Waals surface area contributed by atoms with Crippen LogP contribution >= 0.6 is 0 Å². The lowest BCUT2D eigenvalue weighted by molar-refractivity contribution is -0.00553. The molecule has 0 heterocycles. The van der Waals surface area contributed by atoms with Gasteiger partial charge in [0.25, 0.3) is 0 Å². The van der Waals surface area contributed by atoms with E-state index in [1.165, 1.54) is 24.3 Å². The summed E-state index contributed by atoms with van der Waals surface area (Å²) in [6.07, 6.45) is -9.23. The Bertz CT molecular complexity index is 490. The average Bonchev–Trinajstić information content (AvgIpc) is 2.39. The molecule has 0 amide bonds. The third-order valence-corrected chi connectivity index (χ3v) is 3.28. The number of halogens is 4. The van der Waals surface area contributed by atoms with Crippen LogP contribution in [-0.4, -0.2) is 24.7 Å². The van der Waals surface area contributed by atoms with Crippen LogP contribution < -0.4 is 0 Å². The minimum atomic E-state index is -2.16. The van der Waals surface area contributed by atoms with Crippen LogP contribution in [-0.2, 0) is 0 Å². The van der Waals surface area contributed by atoms with Gasteiger partial charge in [-0.3, -0.25) is 0 Å². The van der Waals surface area contributed by atoms with Gasteiger partial charge < -0.3 is 0 Å². The number of nitrogens with zero attached hydrogens (tertiary/aromatic N) is 3. The zero-order chi connectivity index (χ0) is 14.0. The maximum absolute atomic E-state index is 13.9. The van der Waals surface area contributed by atoms with E-state index in [0.717, 1.165) is 0 Å². The number of hydrogen-bond donors (Lipinski definition) is 0. The Hall–Kier alpha value is -1.75. The van der Waals surface area contributed by atoms with Gasteiger partial charge in [-0.25, -0.2) is 17.6 Å². The van der Waals surface area contributed by atoms with Crippen LogP contribution in [0.4, 0.5) is 23.2 Å². The van der Waals surface area contributed by atoms with Crippen molar-refractivity contribution in [1.29, 1.82) is 0 Å². The summed E-state index contributed by atoms with van der Waals surface area (Å²) in [5.74, 6) is -1.60. The Morgan fingerprint density at radius 1 is 1.05 bits per heavy atom. The third-order valence-electron chi connectivity index (χ3n) is 3.28. The molecule has 1 aromatic carbocycles. The van der Waals surface area contributed by atoms with E-state index >= 15 is 0 Å². The summed E-state index contributed by atoms with van der Waals surface area (Å²) in [7, 11) is 0. The Morgan fingerprint density at radius 3 is 2.21 bits per heavy atom. The molecule has 0 aliphatic heterocycles. The summed E-state index contributed by atoms with van der Waals surface area (Å²) in [6, 6.07) is 5.65. The molecule has 102 valence electrons. The minimum Gasteiger partial charge on any atom is -0.244 e. The maximum Gasteiger partial charge on any atom is 0.141 e. The van der Waals surface area contributed by atoms with Crippen molar-refractivity contribution in [2.45, 2.75) is 37.0 Å². The molecule has 7 heteroatoms. The van der Waals surface area contributed by atoms with Crippen molar-refractivity contribution in [3.05, 3.63) is 40.3 Å². The molecular formula is C12H11F4N3. The first-order chi connectivity index (χ1) is 9.06. The van der Waals surface area contributed by atoms with Gasteiger partial charge in [0, 0.05) is 17.0 Å². The standard InChI is InChI=1S/C12H11F4N3/c13-7-5-8(14)12(16)10(11(7)15)6-3-1-2-4-9(6)18-19-17/h1-4,7-8,10-12H,5H2. The van der Waals surface area contributed by atoms with Crippen LogP contribution in [0.3, 0.4) is 0 Å². The minimum absolute atomic E-state index is 0.00898. The van der Waals surface area contributed by atoms with Gasteiger partial charge >= 0.3 is 0 Å². The summed E-state index contributed by atoms with van der Waals surface area (Å²) >= 11 is 0. The molecule has 1 aromatic rings. The quantitative estimate of drug-likeness (QED) is 0.330. The van der Waals surface area contributed by atoms with Gasteiger partial charge in [0.15, 0.2) is 0 Å². The molecular weight excluding hydrogens is 262 g/mol. The van der Waals surface area contributed by atoms with E-state index in [4.69, 9.17) is 5.53 Å². The molecule has 1 aliphatic rings. The summed E-state index contributed by atoms with van der Waals surface area (Å²) < 4.78 is 54.4. The SMILES string of the molecule is [N-]=[N+]=Nc1ccccc1C1C(F)C(F)CC(F)C1F. The summed E-state index contributed by atoms with van der Waals surface area (Å²) in [5, 5.41) is 3.30. The lowest BCUT2D eigenvalue weighted by atomic mass is 9.78. The highest BCUT2D eigenvalue weighted by Gasteiger charge is 2.47. The number of hydrogen-bond acceptors (Lipinski definition) is 1. The molecule has 0 N–H and O–H groups in total. The van der Waals surface area contributed by atoms with Crippen LogP contribution in [0.2, 0.25) is 0 Å². The first-order valence-corrected chi connectivity index (χ1v) is 5.76. The molecule has 0 spiro atoms. The van der Waals surface area contributed by atoms with Crippen molar-refractivity contribution in [2.24, 2.45) is 5.11 Å². The fourth-order valence-electron chi connectivity index (χ4n) is 2.35. The van der Waals surface area contributed by atoms with Gasteiger partial charge in [-0.2, -0.15) is 0 Å². The second-order valence-corrected chi connectivity index (χ2v) is 4.43. The highest BCUT2D eigenvalue weighted by Crippen LogP contribution is 2.43. The Labute approximate surface area is 106 Å². The van der Waals surface area contributed by atoms with Crippen molar-refractivity contribution < 1.29 is 17.6 Å². The highest BCUT2D eigenvalue weighted by molar-refractivity contribution is 5.49. The summed E-state index contributed by atoms with van der Waals surface area (Å²) in [5.41, 5.74) is 8.38. The van der Waals surface area contributed by atoms with E-state index in [0.29, 0.717) is 0 Å². The molecule has 0 bridgehead atoms. The topological polar surface area (TPSA) is 48.8 Å². The largest absolute Gasteiger partial charge is 0.244 e. The predicted molar refractivity (Wildman–Crippen MR) is 62.2 cm³/mol. The van der Waals surface area contributed by atoms with Gasteiger partial charge in [0.2, 0.25) is 0 Å². The molecule has 4 unspecified atom stereocenters. The maximum atomic E-state index is 13.9. The molecule has 3 nitrogen and oxygen atoms in total. The average molecular weight is 273 g/mol. The number of rotatable bonds is 2. The van der Waals surface area contributed by atoms with Crippen molar-refractivity contribution in [3.63, 3.8) is 0 Å². The van der Waals surface area contributed by atoms with Gasteiger partial charge in [-0.1, -0.05) is 29.4 Å². The van der Waals surface area contributed by atoms with Crippen LogP contribution in [0.15, 0.2) is 29.4 Å². The van der Waals surface area contributed by atoms with Crippen LogP contribution in [0.25, 0.3) is 10.4 Å². The van der Waals surface area contributed by atoms with Crippen molar-refractivity contribution in [3.8, 4) is 0 Å². The Balaban J connectivity index is 2.46. The normalized spacial score (nSPS) is 34.6. The molecule has 0 aromatic heterocycles. The van der Waals surface area contributed by atoms with Crippen molar-refractivity contribution in [2.75, 3.05) is 0 Å². The predicted octanol–water partition coefficient (Wildman–Crippen LogP) is 4.47. The molecule has 0 radical (unpaired) electrons. The summed E-state index contributed by atoms with van der Waals surface area (Å²) in [4.78, 5) is 2.54. The van der Waals surface area contributed by atoms with E-state index in [2.05, 4.69) is 10.0 Å². The lowest BCUT2D eigenvalue weighted by Crippen LogP contribution is -2.43.